The number of fused-ring (bicyclic) bond motifs is 1. The maximum Gasteiger partial charge on any atom is 0.0764 e. The van der Waals surface area contributed by atoms with Crippen LogP contribution in [-0.2, 0) is 0 Å². The van der Waals surface area contributed by atoms with Gasteiger partial charge >= 0.3 is 0 Å². The van der Waals surface area contributed by atoms with Gasteiger partial charge in [0.05, 0.1) is 5.70 Å². The Labute approximate surface area is 145 Å². The third-order valence-electron chi connectivity index (χ3n) is 6.11. The van der Waals surface area contributed by atoms with E-state index in [2.05, 4.69) is 67.3 Å². The van der Waals surface area contributed by atoms with Gasteiger partial charge in [0, 0.05) is 28.2 Å². The number of nitrogens with one attached hydrogen (secondary N) is 1. The highest BCUT2D eigenvalue weighted by Gasteiger charge is 2.27. The Kier molecular flexibility index (Phi) is 3.82. The van der Waals surface area contributed by atoms with Crippen LogP contribution in [-0.4, -0.2) is 10.7 Å². The molecule has 126 valence electrons. The lowest BCUT2D eigenvalue weighted by atomic mass is 9.86. The van der Waals surface area contributed by atoms with Crippen molar-refractivity contribution in [3.63, 3.8) is 0 Å². The second kappa shape index (κ2) is 5.47. The van der Waals surface area contributed by atoms with Gasteiger partial charge in [-0.2, -0.15) is 0 Å². The minimum absolute atomic E-state index is 1.13. The lowest BCUT2D eigenvalue weighted by Gasteiger charge is -2.17. The minimum atomic E-state index is 1.13. The minimum Gasteiger partial charge on any atom is -0.358 e. The second-order valence-corrected chi connectivity index (χ2v) is 7.30. The zero-order valence-electron chi connectivity index (χ0n) is 16.4. The summed E-state index contributed by atoms with van der Waals surface area (Å²) < 4.78 is 0. The van der Waals surface area contributed by atoms with Crippen LogP contribution in [0, 0.1) is 48.5 Å². The largest absolute Gasteiger partial charge is 0.358 e. The molecule has 0 saturated heterocycles. The number of hydrogen-bond donors (Lipinski definition) is 1. The molecule has 0 amide bonds. The average molecular weight is 320 g/mol. The first kappa shape index (κ1) is 16.8. The van der Waals surface area contributed by atoms with Gasteiger partial charge in [-0.15, -0.1) is 0 Å². The molecule has 0 unspecified atom stereocenters. The quantitative estimate of drug-likeness (QED) is 0.679. The smallest absolute Gasteiger partial charge is 0.0764 e. The van der Waals surface area contributed by atoms with Crippen LogP contribution in [0.3, 0.4) is 0 Å². The van der Waals surface area contributed by atoms with Gasteiger partial charge in [0.15, 0.2) is 0 Å². The zero-order valence-corrected chi connectivity index (χ0v) is 16.4. The average Bonchev–Trinajstić information content (AvgIpc) is 3.02. The van der Waals surface area contributed by atoms with Crippen molar-refractivity contribution in [3.05, 3.63) is 55.9 Å². The van der Waals surface area contributed by atoms with Crippen LogP contribution in [0.25, 0.3) is 11.3 Å². The molecule has 2 heterocycles. The van der Waals surface area contributed by atoms with Gasteiger partial charge in [0.1, 0.15) is 0 Å². The number of nitrogens with zero attached hydrogens (tertiary/aromatic N) is 1. The standard InChI is InChI=1S/C22H28N2/c1-10-11(2)14(5)20-19(13(10)4)18(9)24-22(20)16(7)21-15(6)12(3)17(8)23-21/h23H,1-9H3/b22-16+. The van der Waals surface area contributed by atoms with E-state index in [9.17, 15) is 0 Å². The van der Waals surface area contributed by atoms with Crippen molar-refractivity contribution in [2.45, 2.75) is 62.3 Å². The summed E-state index contributed by atoms with van der Waals surface area (Å²) >= 11 is 0. The van der Waals surface area contributed by atoms with E-state index in [0.717, 1.165) is 11.4 Å². The summed E-state index contributed by atoms with van der Waals surface area (Å²) in [5, 5.41) is 0. The third kappa shape index (κ3) is 2.12. The summed E-state index contributed by atoms with van der Waals surface area (Å²) in [6, 6.07) is 0. The Hall–Kier alpha value is -2.09. The fraction of sp³-hybridized carbons (Fsp3) is 0.409. The van der Waals surface area contributed by atoms with E-state index in [1.54, 1.807) is 0 Å². The predicted molar refractivity (Wildman–Crippen MR) is 105 cm³/mol. The number of aromatic amines is 1. The highest BCUT2D eigenvalue weighted by atomic mass is 14.8. The summed E-state index contributed by atoms with van der Waals surface area (Å²) in [4.78, 5) is 8.56. The summed E-state index contributed by atoms with van der Waals surface area (Å²) in [5.41, 5.74) is 16.8. The molecule has 1 aliphatic heterocycles. The molecule has 24 heavy (non-hydrogen) atoms. The number of allylic oxidation sites excluding steroid dienone is 1. The van der Waals surface area contributed by atoms with Crippen LogP contribution in [0.4, 0.5) is 0 Å². The monoisotopic (exact) mass is 320 g/mol. The molecular formula is C22H28N2. The summed E-state index contributed by atoms with van der Waals surface area (Å²) in [6.07, 6.45) is 0. The fourth-order valence-electron chi connectivity index (χ4n) is 3.95. The van der Waals surface area contributed by atoms with Gasteiger partial charge in [0.2, 0.25) is 0 Å². The van der Waals surface area contributed by atoms with Crippen molar-refractivity contribution >= 4 is 17.0 Å². The van der Waals surface area contributed by atoms with E-state index < -0.39 is 0 Å². The number of aromatic nitrogens is 1. The Bertz CT molecular complexity index is 934. The normalized spacial score (nSPS) is 15.6. The van der Waals surface area contributed by atoms with Crippen molar-refractivity contribution in [2.75, 3.05) is 0 Å². The van der Waals surface area contributed by atoms with Gasteiger partial charge in [-0.05, 0) is 101 Å². The molecule has 1 aromatic heterocycles. The van der Waals surface area contributed by atoms with Crippen LogP contribution in [0.15, 0.2) is 4.99 Å². The number of hydrogen-bond acceptors (Lipinski definition) is 1. The third-order valence-corrected chi connectivity index (χ3v) is 6.11. The second-order valence-electron chi connectivity index (χ2n) is 7.30. The van der Waals surface area contributed by atoms with Gasteiger partial charge < -0.3 is 4.98 Å². The topological polar surface area (TPSA) is 28.1 Å². The first-order chi connectivity index (χ1) is 11.2. The molecule has 0 radical (unpaired) electrons. The van der Waals surface area contributed by atoms with Gasteiger partial charge in [0.25, 0.3) is 0 Å². The molecule has 3 rings (SSSR count). The molecule has 2 aromatic rings. The first-order valence-electron chi connectivity index (χ1n) is 8.70. The Morgan fingerprint density at radius 3 is 1.71 bits per heavy atom. The van der Waals surface area contributed by atoms with Crippen molar-refractivity contribution in [2.24, 2.45) is 4.99 Å². The van der Waals surface area contributed by atoms with Crippen LogP contribution < -0.4 is 0 Å². The zero-order chi connectivity index (χ0) is 17.9. The van der Waals surface area contributed by atoms with E-state index in [-0.39, 0.29) is 0 Å². The Morgan fingerprint density at radius 2 is 1.21 bits per heavy atom. The molecule has 2 nitrogen and oxygen atoms in total. The number of aliphatic imine (C=N–C) groups is 1. The predicted octanol–water partition coefficient (Wildman–Crippen LogP) is 5.88. The van der Waals surface area contributed by atoms with E-state index in [4.69, 9.17) is 4.99 Å². The Balaban J connectivity index is 2.37. The molecule has 0 spiro atoms. The lowest BCUT2D eigenvalue weighted by Crippen LogP contribution is -2.04. The van der Waals surface area contributed by atoms with E-state index in [0.29, 0.717) is 0 Å². The van der Waals surface area contributed by atoms with E-state index in [1.807, 2.05) is 0 Å². The summed E-state index contributed by atoms with van der Waals surface area (Å²) in [5.74, 6) is 0. The van der Waals surface area contributed by atoms with Crippen molar-refractivity contribution in [3.8, 4) is 0 Å². The van der Waals surface area contributed by atoms with Crippen LogP contribution in [0.1, 0.15) is 69.7 Å². The van der Waals surface area contributed by atoms with Crippen molar-refractivity contribution in [1.82, 2.24) is 4.98 Å². The van der Waals surface area contributed by atoms with Crippen LogP contribution >= 0.6 is 0 Å². The maximum atomic E-state index is 4.99. The molecule has 0 saturated carbocycles. The maximum absolute atomic E-state index is 4.99. The van der Waals surface area contributed by atoms with Gasteiger partial charge in [-0.3, -0.25) is 4.99 Å². The fourth-order valence-corrected chi connectivity index (χ4v) is 3.95. The van der Waals surface area contributed by atoms with Crippen LogP contribution in [0.5, 0.6) is 0 Å². The highest BCUT2D eigenvalue weighted by molar-refractivity contribution is 6.15. The first-order valence-corrected chi connectivity index (χ1v) is 8.70. The molecule has 2 heteroatoms. The lowest BCUT2D eigenvalue weighted by molar-refractivity contribution is 1.19. The Morgan fingerprint density at radius 1 is 0.667 bits per heavy atom. The molecule has 0 bridgehead atoms. The highest BCUT2D eigenvalue weighted by Crippen LogP contribution is 2.41. The molecule has 1 aromatic carbocycles. The van der Waals surface area contributed by atoms with Crippen molar-refractivity contribution < 1.29 is 0 Å². The summed E-state index contributed by atoms with van der Waals surface area (Å²) in [7, 11) is 0. The summed E-state index contributed by atoms with van der Waals surface area (Å²) in [6.45, 7) is 19.8. The number of H-pyrrole nitrogens is 1. The molecule has 1 aliphatic rings. The number of rotatable bonds is 1. The van der Waals surface area contributed by atoms with E-state index in [1.165, 1.54) is 61.5 Å². The van der Waals surface area contributed by atoms with E-state index >= 15 is 0 Å². The van der Waals surface area contributed by atoms with Crippen molar-refractivity contribution in [1.29, 1.82) is 0 Å². The molecular weight excluding hydrogens is 292 g/mol. The number of aryl methyl sites for hydroxylation is 1. The number of benzene rings is 1. The molecule has 0 aliphatic carbocycles. The molecule has 0 fully saturated rings. The van der Waals surface area contributed by atoms with Crippen LogP contribution in [0.2, 0.25) is 0 Å². The molecule has 0 atom stereocenters. The van der Waals surface area contributed by atoms with Gasteiger partial charge in [-0.1, -0.05) is 0 Å². The SMILES string of the molecule is CC1=N/C(=C(\C)c2[nH]c(C)c(C)c2C)c2c(C)c(C)c(C)c(C)c21. The van der Waals surface area contributed by atoms with Gasteiger partial charge in [-0.25, -0.2) is 0 Å². The molecule has 1 N–H and O–H groups in total.